The van der Waals surface area contributed by atoms with Crippen LogP contribution in [0.4, 0.5) is 22.0 Å². The molecule has 0 radical (unpaired) electrons. The van der Waals surface area contributed by atoms with E-state index in [0.717, 1.165) is 36.2 Å². The maximum atomic E-state index is 14.6. The van der Waals surface area contributed by atoms with E-state index in [2.05, 4.69) is 11.7 Å². The molecule has 0 bridgehead atoms. The molecule has 6 heteroatoms. The van der Waals surface area contributed by atoms with Gasteiger partial charge in [0.1, 0.15) is 5.75 Å². The molecule has 0 heterocycles. The molecule has 2 saturated carbocycles. The van der Waals surface area contributed by atoms with E-state index >= 15 is 0 Å². The molecular weight excluding hydrogens is 483 g/mol. The van der Waals surface area contributed by atoms with Gasteiger partial charge in [0.15, 0.2) is 17.5 Å². The first kappa shape index (κ1) is 27.9. The fraction of sp³-hybridized carbons (Fsp3) is 0.613. The van der Waals surface area contributed by atoms with Gasteiger partial charge in [-0.15, -0.1) is 0 Å². The van der Waals surface area contributed by atoms with Crippen LogP contribution in [0.25, 0.3) is 0 Å². The van der Waals surface area contributed by atoms with E-state index in [1.165, 1.54) is 82.8 Å². The van der Waals surface area contributed by atoms with Crippen LogP contribution in [0.2, 0.25) is 0 Å². The first-order chi connectivity index (χ1) is 17.7. The maximum absolute atomic E-state index is 14.6. The number of benzene rings is 2. The predicted molar refractivity (Wildman–Crippen MR) is 136 cm³/mol. The Labute approximate surface area is 217 Å². The molecule has 0 unspecified atom stereocenters. The molecule has 2 aromatic rings. The third-order valence-electron chi connectivity index (χ3n) is 8.68. The maximum Gasteiger partial charge on any atom is 0.426 e. The summed E-state index contributed by atoms with van der Waals surface area (Å²) < 4.78 is 73.5. The number of ether oxygens (including phenoxy) is 1. The summed E-state index contributed by atoms with van der Waals surface area (Å²) in [6.45, 7) is 2.27. The molecule has 2 aliphatic carbocycles. The van der Waals surface area contributed by atoms with Crippen LogP contribution in [0, 0.1) is 35.2 Å². The molecule has 0 aromatic heterocycles. The van der Waals surface area contributed by atoms with E-state index in [9.17, 15) is 22.0 Å². The van der Waals surface area contributed by atoms with E-state index < -0.39 is 34.9 Å². The van der Waals surface area contributed by atoms with Gasteiger partial charge in [0, 0.05) is 12.1 Å². The van der Waals surface area contributed by atoms with Crippen LogP contribution >= 0.6 is 0 Å². The summed E-state index contributed by atoms with van der Waals surface area (Å²) in [4.78, 5) is 0. The number of hydrogen-bond acceptors (Lipinski definition) is 1. The van der Waals surface area contributed by atoms with Crippen molar-refractivity contribution in [3.05, 3.63) is 65.0 Å². The Morgan fingerprint density at radius 3 is 1.73 bits per heavy atom. The van der Waals surface area contributed by atoms with Crippen LogP contribution in [0.1, 0.15) is 107 Å². The number of alkyl halides is 2. The van der Waals surface area contributed by atoms with Crippen LogP contribution < -0.4 is 4.74 Å². The molecule has 2 aromatic carbocycles. The minimum Gasteiger partial charge on any atom is -0.429 e. The zero-order valence-corrected chi connectivity index (χ0v) is 21.8. The summed E-state index contributed by atoms with van der Waals surface area (Å²) in [5.41, 5.74) is 0.613. The molecule has 0 aliphatic heterocycles. The van der Waals surface area contributed by atoms with Crippen molar-refractivity contribution in [1.29, 1.82) is 0 Å². The van der Waals surface area contributed by atoms with Gasteiger partial charge in [0.05, 0.1) is 5.56 Å². The average molecular weight is 523 g/mol. The van der Waals surface area contributed by atoms with Crippen molar-refractivity contribution in [2.75, 3.05) is 0 Å². The van der Waals surface area contributed by atoms with Crippen LogP contribution in [-0.4, -0.2) is 0 Å². The molecule has 2 fully saturated rings. The molecule has 37 heavy (non-hydrogen) atoms. The zero-order valence-electron chi connectivity index (χ0n) is 21.8. The fourth-order valence-corrected chi connectivity index (χ4v) is 6.30. The standard InChI is InChI=1S/C31H39F5O/c1-2-3-4-21-5-7-22(8-6-21)9-10-23-11-13-24(14-12-23)25-15-17-26(18-16-25)31(35,36)37-27-19-28(32)30(34)29(33)20-27/h15-24H,2-14H2,1H3. The summed E-state index contributed by atoms with van der Waals surface area (Å²) in [7, 11) is 0. The highest BCUT2D eigenvalue weighted by atomic mass is 19.3. The highest BCUT2D eigenvalue weighted by Crippen LogP contribution is 2.41. The Morgan fingerprint density at radius 2 is 1.22 bits per heavy atom. The summed E-state index contributed by atoms with van der Waals surface area (Å²) in [5.74, 6) is -2.67. The molecule has 0 saturated heterocycles. The second-order valence-corrected chi connectivity index (χ2v) is 11.3. The third kappa shape index (κ3) is 7.48. The van der Waals surface area contributed by atoms with Crippen molar-refractivity contribution >= 4 is 0 Å². The predicted octanol–water partition coefficient (Wildman–Crippen LogP) is 10.3. The van der Waals surface area contributed by atoms with Gasteiger partial charge in [-0.1, -0.05) is 76.8 Å². The van der Waals surface area contributed by atoms with Gasteiger partial charge >= 0.3 is 6.11 Å². The lowest BCUT2D eigenvalue weighted by atomic mass is 9.74. The SMILES string of the molecule is CCCCC1CCC(CCC2CCC(c3ccc(C(F)(F)Oc4cc(F)c(F)c(F)c4)cc3)CC2)CC1. The molecule has 0 atom stereocenters. The number of rotatable bonds is 10. The van der Waals surface area contributed by atoms with E-state index in [1.54, 1.807) is 12.1 Å². The summed E-state index contributed by atoms with van der Waals surface area (Å²) in [6.07, 6.45) is 13.0. The molecule has 204 valence electrons. The van der Waals surface area contributed by atoms with Crippen LogP contribution in [-0.2, 0) is 6.11 Å². The van der Waals surface area contributed by atoms with Crippen LogP contribution in [0.15, 0.2) is 36.4 Å². The lowest BCUT2D eigenvalue weighted by Gasteiger charge is -2.32. The second kappa shape index (κ2) is 12.6. The first-order valence-corrected chi connectivity index (χ1v) is 14.1. The Bertz CT molecular complexity index is 966. The molecule has 0 amide bonds. The molecule has 0 spiro atoms. The minimum absolute atomic E-state index is 0.356. The first-order valence-electron chi connectivity index (χ1n) is 14.1. The third-order valence-corrected chi connectivity index (χ3v) is 8.68. The highest BCUT2D eigenvalue weighted by molar-refractivity contribution is 5.30. The summed E-state index contributed by atoms with van der Waals surface area (Å²) in [6, 6.07) is 6.82. The molecular formula is C31H39F5O. The van der Waals surface area contributed by atoms with Crippen molar-refractivity contribution < 1.29 is 26.7 Å². The van der Waals surface area contributed by atoms with E-state index in [4.69, 9.17) is 0 Å². The highest BCUT2D eigenvalue weighted by Gasteiger charge is 2.35. The fourth-order valence-electron chi connectivity index (χ4n) is 6.30. The van der Waals surface area contributed by atoms with Gasteiger partial charge in [0.25, 0.3) is 0 Å². The lowest BCUT2D eigenvalue weighted by Crippen LogP contribution is -2.22. The van der Waals surface area contributed by atoms with Gasteiger partial charge in [-0.2, -0.15) is 8.78 Å². The molecule has 4 rings (SSSR count). The molecule has 2 aliphatic rings. The number of halogens is 5. The van der Waals surface area contributed by atoms with Crippen LogP contribution in [0.5, 0.6) is 5.75 Å². The molecule has 1 nitrogen and oxygen atoms in total. The van der Waals surface area contributed by atoms with Gasteiger partial charge in [-0.25, -0.2) is 13.2 Å². The normalized spacial score (nSPS) is 24.7. The van der Waals surface area contributed by atoms with Crippen molar-refractivity contribution in [1.82, 2.24) is 0 Å². The van der Waals surface area contributed by atoms with E-state index in [-0.39, 0.29) is 0 Å². The number of unbranched alkanes of at least 4 members (excludes halogenated alkanes) is 1. The van der Waals surface area contributed by atoms with Gasteiger partial charge in [-0.05, 0) is 67.1 Å². The lowest BCUT2D eigenvalue weighted by molar-refractivity contribution is -0.185. The van der Waals surface area contributed by atoms with E-state index in [0.29, 0.717) is 18.1 Å². The average Bonchev–Trinajstić information content (AvgIpc) is 2.90. The summed E-state index contributed by atoms with van der Waals surface area (Å²) in [5, 5.41) is 0. The van der Waals surface area contributed by atoms with Crippen molar-refractivity contribution in [2.45, 2.75) is 102 Å². The topological polar surface area (TPSA) is 9.23 Å². The molecule has 0 N–H and O–H groups in total. The Morgan fingerprint density at radius 1 is 0.730 bits per heavy atom. The minimum atomic E-state index is -3.80. The quantitative estimate of drug-likeness (QED) is 0.223. The van der Waals surface area contributed by atoms with Crippen molar-refractivity contribution in [3.8, 4) is 5.75 Å². The second-order valence-electron chi connectivity index (χ2n) is 11.3. The monoisotopic (exact) mass is 522 g/mol. The smallest absolute Gasteiger partial charge is 0.426 e. The van der Waals surface area contributed by atoms with Gasteiger partial charge in [0.2, 0.25) is 0 Å². The largest absolute Gasteiger partial charge is 0.429 e. The zero-order chi connectivity index (χ0) is 26.4. The van der Waals surface area contributed by atoms with Gasteiger partial charge < -0.3 is 4.74 Å². The summed E-state index contributed by atoms with van der Waals surface area (Å²) >= 11 is 0. The van der Waals surface area contributed by atoms with Crippen LogP contribution in [0.3, 0.4) is 0 Å². The number of hydrogen-bond donors (Lipinski definition) is 0. The van der Waals surface area contributed by atoms with Crippen molar-refractivity contribution in [2.24, 2.45) is 17.8 Å². The van der Waals surface area contributed by atoms with Crippen molar-refractivity contribution in [3.63, 3.8) is 0 Å². The van der Waals surface area contributed by atoms with E-state index in [1.807, 2.05) is 0 Å². The Kier molecular flexibility index (Phi) is 9.52. The van der Waals surface area contributed by atoms with Gasteiger partial charge in [-0.3, -0.25) is 0 Å². The Hall–Kier alpha value is -2.11. The Balaban J connectivity index is 1.23.